The third-order valence-electron chi connectivity index (χ3n) is 4.97. The average Bonchev–Trinajstić information content (AvgIpc) is 3.23. The molecule has 0 aliphatic carbocycles. The van der Waals surface area contributed by atoms with Gasteiger partial charge in [-0.05, 0) is 74.8 Å². The van der Waals surface area contributed by atoms with E-state index in [0.717, 1.165) is 37.2 Å². The van der Waals surface area contributed by atoms with Crippen LogP contribution in [0.5, 0.6) is 11.5 Å². The molecule has 3 rings (SSSR count). The van der Waals surface area contributed by atoms with E-state index in [-0.39, 0.29) is 10.9 Å². The molecule has 7 heteroatoms. The molecule has 0 saturated carbocycles. The Kier molecular flexibility index (Phi) is 6.93. The molecule has 1 fully saturated rings. The first kappa shape index (κ1) is 20.6. The van der Waals surface area contributed by atoms with E-state index in [2.05, 4.69) is 9.62 Å². The molecular formula is C21H28N2O4S. The molecule has 0 amide bonds. The molecule has 1 atom stereocenters. The molecule has 1 unspecified atom stereocenters. The Labute approximate surface area is 167 Å². The highest BCUT2D eigenvalue weighted by Crippen LogP contribution is 2.27. The van der Waals surface area contributed by atoms with E-state index in [0.29, 0.717) is 18.9 Å². The summed E-state index contributed by atoms with van der Waals surface area (Å²) >= 11 is 0. The largest absolute Gasteiger partial charge is 0.497 e. The number of methoxy groups -OCH3 is 1. The van der Waals surface area contributed by atoms with Gasteiger partial charge in [-0.3, -0.25) is 4.90 Å². The second-order valence-electron chi connectivity index (χ2n) is 6.79. The lowest BCUT2D eigenvalue weighted by atomic mass is 10.1. The lowest BCUT2D eigenvalue weighted by molar-refractivity contribution is 0.246. The normalized spacial score (nSPS) is 16.1. The summed E-state index contributed by atoms with van der Waals surface area (Å²) < 4.78 is 39.1. The zero-order valence-electron chi connectivity index (χ0n) is 16.4. The minimum Gasteiger partial charge on any atom is -0.497 e. The van der Waals surface area contributed by atoms with E-state index in [9.17, 15) is 8.42 Å². The van der Waals surface area contributed by atoms with Crippen LogP contribution in [0.3, 0.4) is 0 Å². The minimum absolute atomic E-state index is 0.0323. The molecule has 1 N–H and O–H groups in total. The van der Waals surface area contributed by atoms with Crippen LogP contribution in [0.15, 0.2) is 53.4 Å². The predicted octanol–water partition coefficient (Wildman–Crippen LogP) is 3.21. The van der Waals surface area contributed by atoms with E-state index in [1.807, 2.05) is 31.2 Å². The number of benzene rings is 2. The third-order valence-corrected chi connectivity index (χ3v) is 6.41. The summed E-state index contributed by atoms with van der Waals surface area (Å²) in [5, 5.41) is 0. The maximum atomic E-state index is 12.8. The molecule has 152 valence electrons. The molecular weight excluding hydrogens is 376 g/mol. The maximum Gasteiger partial charge on any atom is 0.240 e. The summed E-state index contributed by atoms with van der Waals surface area (Å²) in [6.07, 6.45) is 2.26. The highest BCUT2D eigenvalue weighted by atomic mass is 32.2. The summed E-state index contributed by atoms with van der Waals surface area (Å²) in [5.74, 6) is 1.43. The highest BCUT2D eigenvalue weighted by Gasteiger charge is 2.26. The fraction of sp³-hybridized carbons (Fsp3) is 0.429. The van der Waals surface area contributed by atoms with Gasteiger partial charge in [-0.2, -0.15) is 0 Å². The molecule has 1 aliphatic heterocycles. The SMILES string of the molecule is CCOc1ccc(S(=O)(=O)NCC(c2cccc(OC)c2)N2CCCC2)cc1. The van der Waals surface area contributed by atoms with Gasteiger partial charge in [-0.1, -0.05) is 12.1 Å². The average molecular weight is 405 g/mol. The molecule has 0 aromatic heterocycles. The van der Waals surface area contributed by atoms with Crippen molar-refractivity contribution in [1.82, 2.24) is 9.62 Å². The van der Waals surface area contributed by atoms with Crippen molar-refractivity contribution in [2.24, 2.45) is 0 Å². The van der Waals surface area contributed by atoms with Crippen molar-refractivity contribution in [2.45, 2.75) is 30.7 Å². The van der Waals surface area contributed by atoms with Crippen LogP contribution in [-0.4, -0.2) is 46.7 Å². The van der Waals surface area contributed by atoms with E-state index in [4.69, 9.17) is 9.47 Å². The van der Waals surface area contributed by atoms with Gasteiger partial charge < -0.3 is 9.47 Å². The first-order valence-electron chi connectivity index (χ1n) is 9.64. The Morgan fingerprint density at radius 2 is 1.79 bits per heavy atom. The summed E-state index contributed by atoms with van der Waals surface area (Å²) in [6.45, 7) is 4.67. The number of rotatable bonds is 9. The van der Waals surface area contributed by atoms with E-state index < -0.39 is 10.0 Å². The number of hydrogen-bond donors (Lipinski definition) is 1. The van der Waals surface area contributed by atoms with Crippen LogP contribution >= 0.6 is 0 Å². The number of likely N-dealkylation sites (tertiary alicyclic amines) is 1. The smallest absolute Gasteiger partial charge is 0.240 e. The molecule has 0 spiro atoms. The summed E-state index contributed by atoms with van der Waals surface area (Å²) in [6, 6.07) is 14.3. The van der Waals surface area contributed by atoms with Crippen molar-refractivity contribution in [3.8, 4) is 11.5 Å². The van der Waals surface area contributed by atoms with Crippen LogP contribution < -0.4 is 14.2 Å². The Hall–Kier alpha value is -2.09. The standard InChI is InChI=1S/C21H28N2O4S/c1-3-27-18-9-11-20(12-10-18)28(24,25)22-16-21(23-13-4-5-14-23)17-7-6-8-19(15-17)26-2/h6-12,15,21-22H,3-5,13-14,16H2,1-2H3. The van der Waals surface area contributed by atoms with E-state index >= 15 is 0 Å². The van der Waals surface area contributed by atoms with Crippen molar-refractivity contribution in [3.05, 3.63) is 54.1 Å². The summed E-state index contributed by atoms with van der Waals surface area (Å²) in [7, 11) is -1.97. The van der Waals surface area contributed by atoms with Crippen LogP contribution in [0.25, 0.3) is 0 Å². The monoisotopic (exact) mass is 404 g/mol. The summed E-state index contributed by atoms with van der Waals surface area (Å²) in [4.78, 5) is 2.57. The van der Waals surface area contributed by atoms with Gasteiger partial charge in [0.1, 0.15) is 11.5 Å². The molecule has 1 heterocycles. The third kappa shape index (κ3) is 5.04. The number of hydrogen-bond acceptors (Lipinski definition) is 5. The van der Waals surface area contributed by atoms with Crippen molar-refractivity contribution in [1.29, 1.82) is 0 Å². The molecule has 0 radical (unpaired) electrons. The fourth-order valence-corrected chi connectivity index (χ4v) is 4.55. The second-order valence-corrected chi connectivity index (χ2v) is 8.56. The Morgan fingerprint density at radius 1 is 1.07 bits per heavy atom. The second kappa shape index (κ2) is 9.41. The lowest BCUT2D eigenvalue weighted by Gasteiger charge is -2.28. The van der Waals surface area contributed by atoms with Crippen LogP contribution in [0.2, 0.25) is 0 Å². The molecule has 2 aromatic carbocycles. The fourth-order valence-electron chi connectivity index (χ4n) is 3.51. The van der Waals surface area contributed by atoms with Gasteiger partial charge in [-0.15, -0.1) is 0 Å². The summed E-state index contributed by atoms with van der Waals surface area (Å²) in [5.41, 5.74) is 1.05. The van der Waals surface area contributed by atoms with Crippen LogP contribution in [0, 0.1) is 0 Å². The minimum atomic E-state index is -3.60. The van der Waals surface area contributed by atoms with Crippen molar-refractivity contribution < 1.29 is 17.9 Å². The molecule has 1 saturated heterocycles. The maximum absolute atomic E-state index is 12.8. The topological polar surface area (TPSA) is 67.9 Å². The lowest BCUT2D eigenvalue weighted by Crippen LogP contribution is -2.36. The molecule has 6 nitrogen and oxygen atoms in total. The highest BCUT2D eigenvalue weighted by molar-refractivity contribution is 7.89. The Bertz CT molecular complexity index is 862. The van der Waals surface area contributed by atoms with Gasteiger partial charge in [0, 0.05) is 12.6 Å². The van der Waals surface area contributed by atoms with E-state index in [1.54, 1.807) is 31.4 Å². The van der Waals surface area contributed by atoms with Crippen LogP contribution in [0.4, 0.5) is 0 Å². The van der Waals surface area contributed by atoms with Crippen molar-refractivity contribution >= 4 is 10.0 Å². The molecule has 28 heavy (non-hydrogen) atoms. The van der Waals surface area contributed by atoms with Crippen LogP contribution in [-0.2, 0) is 10.0 Å². The molecule has 1 aliphatic rings. The van der Waals surface area contributed by atoms with Gasteiger partial charge in [0.2, 0.25) is 10.0 Å². The number of nitrogens with one attached hydrogen (secondary N) is 1. The van der Waals surface area contributed by atoms with Gasteiger partial charge in [0.05, 0.1) is 18.6 Å². The molecule has 2 aromatic rings. The zero-order chi connectivity index (χ0) is 20.0. The van der Waals surface area contributed by atoms with Gasteiger partial charge in [0.15, 0.2) is 0 Å². The Balaban J connectivity index is 1.76. The first-order chi connectivity index (χ1) is 13.5. The van der Waals surface area contributed by atoms with E-state index in [1.165, 1.54) is 0 Å². The Morgan fingerprint density at radius 3 is 2.43 bits per heavy atom. The van der Waals surface area contributed by atoms with Gasteiger partial charge in [-0.25, -0.2) is 13.1 Å². The first-order valence-corrected chi connectivity index (χ1v) is 11.1. The van der Waals surface area contributed by atoms with Crippen molar-refractivity contribution in [2.75, 3.05) is 33.4 Å². The molecule has 0 bridgehead atoms. The zero-order valence-corrected chi connectivity index (χ0v) is 17.2. The van der Waals surface area contributed by atoms with Gasteiger partial charge >= 0.3 is 0 Å². The van der Waals surface area contributed by atoms with Crippen molar-refractivity contribution in [3.63, 3.8) is 0 Å². The number of ether oxygens (including phenoxy) is 2. The number of nitrogens with zero attached hydrogens (tertiary/aromatic N) is 1. The van der Waals surface area contributed by atoms with Gasteiger partial charge in [0.25, 0.3) is 0 Å². The number of sulfonamides is 1. The predicted molar refractivity (Wildman–Crippen MR) is 109 cm³/mol. The quantitative estimate of drug-likeness (QED) is 0.695. The van der Waals surface area contributed by atoms with Crippen LogP contribution in [0.1, 0.15) is 31.4 Å².